The smallest absolute Gasteiger partial charge is 0.253 e. The number of amides is 1. The molecular formula is C19H31N3O3S. The first-order chi connectivity index (χ1) is 12.0. The molecule has 2 rings (SSSR count). The molecule has 0 unspecified atom stereocenters. The summed E-state index contributed by atoms with van der Waals surface area (Å²) in [6.45, 7) is 12.1. The van der Waals surface area contributed by atoms with Crippen molar-refractivity contribution >= 4 is 15.9 Å². The molecule has 1 aromatic carbocycles. The van der Waals surface area contributed by atoms with Crippen molar-refractivity contribution in [3.05, 3.63) is 28.8 Å². The minimum atomic E-state index is -3.58. The van der Waals surface area contributed by atoms with Crippen molar-refractivity contribution in [1.82, 2.24) is 14.1 Å². The Morgan fingerprint density at radius 1 is 1.12 bits per heavy atom. The first-order valence-electron chi connectivity index (χ1n) is 9.09. The first-order valence-corrected chi connectivity index (χ1v) is 10.5. The van der Waals surface area contributed by atoms with Gasteiger partial charge in [-0.2, -0.15) is 0 Å². The summed E-state index contributed by atoms with van der Waals surface area (Å²) in [7, 11) is -0.572. The van der Waals surface area contributed by atoms with Crippen molar-refractivity contribution in [2.24, 2.45) is 5.92 Å². The summed E-state index contributed by atoms with van der Waals surface area (Å²) in [6.07, 6.45) is 0. The van der Waals surface area contributed by atoms with Crippen LogP contribution in [0.2, 0.25) is 0 Å². The molecule has 26 heavy (non-hydrogen) atoms. The number of benzene rings is 1. The summed E-state index contributed by atoms with van der Waals surface area (Å²) in [4.78, 5) is 17.4. The minimum absolute atomic E-state index is 0.0903. The van der Waals surface area contributed by atoms with Gasteiger partial charge in [-0.15, -0.1) is 0 Å². The van der Waals surface area contributed by atoms with Gasteiger partial charge in [-0.1, -0.05) is 13.8 Å². The van der Waals surface area contributed by atoms with Crippen molar-refractivity contribution in [2.75, 3.05) is 46.8 Å². The van der Waals surface area contributed by atoms with E-state index in [0.29, 0.717) is 30.1 Å². The Morgan fingerprint density at radius 3 is 2.19 bits per heavy atom. The first kappa shape index (κ1) is 20.9. The van der Waals surface area contributed by atoms with E-state index in [2.05, 4.69) is 18.7 Å². The molecule has 1 aliphatic heterocycles. The lowest BCUT2D eigenvalue weighted by molar-refractivity contribution is 0.0623. The predicted molar refractivity (Wildman–Crippen MR) is 104 cm³/mol. The van der Waals surface area contributed by atoms with Gasteiger partial charge in [0.1, 0.15) is 0 Å². The largest absolute Gasteiger partial charge is 0.336 e. The van der Waals surface area contributed by atoms with E-state index in [-0.39, 0.29) is 10.8 Å². The number of carbonyl (C=O) groups is 1. The van der Waals surface area contributed by atoms with Crippen LogP contribution >= 0.6 is 0 Å². The van der Waals surface area contributed by atoms with Gasteiger partial charge in [0.25, 0.3) is 5.91 Å². The van der Waals surface area contributed by atoms with Crippen LogP contribution in [0.15, 0.2) is 17.0 Å². The minimum Gasteiger partial charge on any atom is -0.336 e. The summed E-state index contributed by atoms with van der Waals surface area (Å²) in [6, 6.07) is 3.33. The number of piperazine rings is 1. The highest BCUT2D eigenvalue weighted by molar-refractivity contribution is 7.89. The highest BCUT2D eigenvalue weighted by Crippen LogP contribution is 2.24. The van der Waals surface area contributed by atoms with Crippen molar-refractivity contribution < 1.29 is 13.2 Å². The number of nitrogens with zero attached hydrogens (tertiary/aromatic N) is 3. The van der Waals surface area contributed by atoms with Crippen molar-refractivity contribution in [1.29, 1.82) is 0 Å². The molecule has 6 nitrogen and oxygen atoms in total. The zero-order valence-corrected chi connectivity index (χ0v) is 17.6. The third-order valence-electron chi connectivity index (χ3n) is 4.91. The molecule has 0 saturated carbocycles. The van der Waals surface area contributed by atoms with Gasteiger partial charge in [0.2, 0.25) is 10.0 Å². The van der Waals surface area contributed by atoms with Crippen LogP contribution in [0.3, 0.4) is 0 Å². The number of hydrogen-bond donors (Lipinski definition) is 0. The van der Waals surface area contributed by atoms with Crippen LogP contribution in [0.5, 0.6) is 0 Å². The van der Waals surface area contributed by atoms with Crippen LogP contribution in [0.25, 0.3) is 0 Å². The topological polar surface area (TPSA) is 60.9 Å². The van der Waals surface area contributed by atoms with Gasteiger partial charge in [-0.3, -0.25) is 9.69 Å². The van der Waals surface area contributed by atoms with E-state index >= 15 is 0 Å². The zero-order chi connectivity index (χ0) is 19.6. The third-order valence-corrected chi connectivity index (χ3v) is 6.85. The second-order valence-corrected chi connectivity index (χ2v) is 9.81. The lowest BCUT2D eigenvalue weighted by Crippen LogP contribution is -2.49. The van der Waals surface area contributed by atoms with E-state index in [0.717, 1.165) is 25.2 Å². The van der Waals surface area contributed by atoms with E-state index in [1.807, 2.05) is 11.8 Å². The third kappa shape index (κ3) is 4.45. The molecule has 1 saturated heterocycles. The second-order valence-electron chi connectivity index (χ2n) is 7.69. The molecule has 1 fully saturated rings. The van der Waals surface area contributed by atoms with E-state index < -0.39 is 10.0 Å². The van der Waals surface area contributed by atoms with Crippen LogP contribution in [-0.2, 0) is 10.0 Å². The summed E-state index contributed by atoms with van der Waals surface area (Å²) >= 11 is 0. The Kier molecular flexibility index (Phi) is 6.47. The normalized spacial score (nSPS) is 16.5. The van der Waals surface area contributed by atoms with Crippen LogP contribution < -0.4 is 0 Å². The van der Waals surface area contributed by atoms with Crippen LogP contribution in [-0.4, -0.2) is 75.2 Å². The molecule has 0 bridgehead atoms. The fourth-order valence-corrected chi connectivity index (χ4v) is 4.46. The molecule has 0 aromatic heterocycles. The van der Waals surface area contributed by atoms with Gasteiger partial charge in [0.05, 0.1) is 4.90 Å². The maximum absolute atomic E-state index is 12.9. The second kappa shape index (κ2) is 8.06. The van der Waals surface area contributed by atoms with Gasteiger partial charge in [-0.25, -0.2) is 12.7 Å². The molecule has 0 radical (unpaired) electrons. The molecule has 1 amide bonds. The van der Waals surface area contributed by atoms with Crippen LogP contribution in [0.1, 0.15) is 35.3 Å². The predicted octanol–water partition coefficient (Wildman–Crippen LogP) is 1.97. The van der Waals surface area contributed by atoms with Gasteiger partial charge >= 0.3 is 0 Å². The zero-order valence-electron chi connectivity index (χ0n) is 16.7. The standard InChI is InChI=1S/C19H31N3O3S/c1-14(2)13-21-7-9-22(10-8-21)19(23)17-11-15(3)16(4)18(12-17)26(24,25)20(5)6/h11-12,14H,7-10,13H2,1-6H3. The molecule has 146 valence electrons. The van der Waals surface area contributed by atoms with Crippen LogP contribution in [0.4, 0.5) is 0 Å². The van der Waals surface area contributed by atoms with E-state index in [4.69, 9.17) is 0 Å². The lowest BCUT2D eigenvalue weighted by Gasteiger charge is -2.35. The maximum Gasteiger partial charge on any atom is 0.253 e. The Hall–Kier alpha value is -1.44. The number of sulfonamides is 1. The van der Waals surface area contributed by atoms with Crippen molar-refractivity contribution in [3.63, 3.8) is 0 Å². The number of aryl methyl sites for hydroxylation is 1. The molecular weight excluding hydrogens is 350 g/mol. The maximum atomic E-state index is 12.9. The van der Waals surface area contributed by atoms with E-state index in [1.165, 1.54) is 24.5 Å². The molecule has 1 heterocycles. The van der Waals surface area contributed by atoms with Gasteiger partial charge < -0.3 is 4.90 Å². The average Bonchev–Trinajstić information content (AvgIpc) is 2.56. The number of rotatable bonds is 5. The SMILES string of the molecule is Cc1cc(C(=O)N2CCN(CC(C)C)CC2)cc(S(=O)(=O)N(C)C)c1C. The van der Waals surface area contributed by atoms with Gasteiger partial charge in [0, 0.05) is 52.4 Å². The fraction of sp³-hybridized carbons (Fsp3) is 0.632. The molecule has 0 spiro atoms. The average molecular weight is 382 g/mol. The number of hydrogen-bond acceptors (Lipinski definition) is 4. The monoisotopic (exact) mass is 381 g/mol. The molecule has 7 heteroatoms. The van der Waals surface area contributed by atoms with E-state index in [1.54, 1.807) is 13.0 Å². The highest BCUT2D eigenvalue weighted by atomic mass is 32.2. The number of carbonyl (C=O) groups excluding carboxylic acids is 1. The van der Waals surface area contributed by atoms with Crippen molar-refractivity contribution in [2.45, 2.75) is 32.6 Å². The Morgan fingerprint density at radius 2 is 1.69 bits per heavy atom. The van der Waals surface area contributed by atoms with Gasteiger partial charge in [0.15, 0.2) is 0 Å². The van der Waals surface area contributed by atoms with Crippen molar-refractivity contribution in [3.8, 4) is 0 Å². The lowest BCUT2D eigenvalue weighted by atomic mass is 10.0. The molecule has 1 aromatic rings. The molecule has 0 N–H and O–H groups in total. The molecule has 0 atom stereocenters. The summed E-state index contributed by atoms with van der Waals surface area (Å²) in [5.74, 6) is 0.517. The summed E-state index contributed by atoms with van der Waals surface area (Å²) in [5.41, 5.74) is 1.96. The van der Waals surface area contributed by atoms with Crippen LogP contribution in [0, 0.1) is 19.8 Å². The Bertz CT molecular complexity index is 764. The fourth-order valence-electron chi connectivity index (χ4n) is 3.25. The van der Waals surface area contributed by atoms with E-state index in [9.17, 15) is 13.2 Å². The van der Waals surface area contributed by atoms with Gasteiger partial charge in [-0.05, 0) is 43.0 Å². The molecule has 1 aliphatic rings. The summed E-state index contributed by atoms with van der Waals surface area (Å²) in [5, 5.41) is 0. The summed E-state index contributed by atoms with van der Waals surface area (Å²) < 4.78 is 26.4. The quantitative estimate of drug-likeness (QED) is 0.782. The molecule has 0 aliphatic carbocycles. The highest BCUT2D eigenvalue weighted by Gasteiger charge is 2.26. The Balaban J connectivity index is 2.24. The Labute approximate surface area is 157 Å².